The molecule has 3 nitrogen and oxygen atoms in total. The Morgan fingerprint density at radius 1 is 1.30 bits per heavy atom. The lowest BCUT2D eigenvalue weighted by atomic mass is 10.1. The molecule has 1 fully saturated rings. The maximum Gasteiger partial charge on any atom is 0.230 e. The molecule has 0 aliphatic heterocycles. The fourth-order valence-corrected chi connectivity index (χ4v) is 3.43. The summed E-state index contributed by atoms with van der Waals surface area (Å²) in [4.78, 5) is 12.9. The van der Waals surface area contributed by atoms with Crippen molar-refractivity contribution < 1.29 is 4.79 Å². The summed E-state index contributed by atoms with van der Waals surface area (Å²) in [6.07, 6.45) is 7.26. The number of rotatable bonds is 4. The molecule has 5 heteroatoms. The van der Waals surface area contributed by atoms with Gasteiger partial charge in [-0.3, -0.25) is 4.79 Å². The molecule has 1 aromatic rings. The summed E-state index contributed by atoms with van der Waals surface area (Å²) in [7, 11) is 0. The summed E-state index contributed by atoms with van der Waals surface area (Å²) in [5, 5.41) is 3.75. The molecule has 1 aromatic carbocycles. The van der Waals surface area contributed by atoms with Crippen molar-refractivity contribution in [1.29, 1.82) is 0 Å². The maximum atomic E-state index is 12.0. The minimum atomic E-state index is 0.0938. The zero-order chi connectivity index (χ0) is 14.4. The molecule has 1 amide bonds. The van der Waals surface area contributed by atoms with Crippen molar-refractivity contribution in [3.05, 3.63) is 23.2 Å². The van der Waals surface area contributed by atoms with Crippen molar-refractivity contribution in [3.63, 3.8) is 0 Å². The summed E-state index contributed by atoms with van der Waals surface area (Å²) in [5.74, 6) is 0.499. The Morgan fingerprint density at radius 2 is 2.00 bits per heavy atom. The van der Waals surface area contributed by atoms with Crippen LogP contribution in [0.4, 0.5) is 5.69 Å². The molecular formula is C15H21ClN2OS. The van der Waals surface area contributed by atoms with Gasteiger partial charge in [0.15, 0.2) is 0 Å². The summed E-state index contributed by atoms with van der Waals surface area (Å²) in [5.41, 5.74) is 6.50. The van der Waals surface area contributed by atoms with Crippen LogP contribution in [0, 0.1) is 0 Å². The molecule has 2 rings (SSSR count). The molecule has 0 heterocycles. The topological polar surface area (TPSA) is 55.1 Å². The molecule has 3 N–H and O–H groups in total. The second kappa shape index (κ2) is 7.79. The number of nitrogens with one attached hydrogen (secondary N) is 1. The standard InChI is InChI=1S/C15H21ClN2OS/c16-11-7-8-14(13(17)9-11)20-10-15(19)18-12-5-3-1-2-4-6-12/h7-9,12H,1-6,10,17H2,(H,18,19). The third-order valence-electron chi connectivity index (χ3n) is 3.55. The number of amides is 1. The van der Waals surface area contributed by atoms with Crippen molar-refractivity contribution in [2.24, 2.45) is 0 Å². The van der Waals surface area contributed by atoms with E-state index in [9.17, 15) is 4.79 Å². The highest BCUT2D eigenvalue weighted by atomic mass is 35.5. The van der Waals surface area contributed by atoms with Crippen molar-refractivity contribution in [2.75, 3.05) is 11.5 Å². The predicted octanol–water partition coefficient (Wildman–Crippen LogP) is 3.85. The van der Waals surface area contributed by atoms with Gasteiger partial charge in [-0.2, -0.15) is 0 Å². The molecule has 1 aliphatic carbocycles. The predicted molar refractivity (Wildman–Crippen MR) is 86.2 cm³/mol. The van der Waals surface area contributed by atoms with Crippen LogP contribution in [-0.2, 0) is 4.79 Å². The maximum absolute atomic E-state index is 12.0. The van der Waals surface area contributed by atoms with Crippen LogP contribution in [0.2, 0.25) is 5.02 Å². The van der Waals surface area contributed by atoms with Crippen molar-refractivity contribution in [3.8, 4) is 0 Å². The third kappa shape index (κ3) is 4.91. The van der Waals surface area contributed by atoms with Gasteiger partial charge in [0.05, 0.1) is 5.75 Å². The van der Waals surface area contributed by atoms with E-state index in [-0.39, 0.29) is 5.91 Å². The van der Waals surface area contributed by atoms with Crippen LogP contribution in [0.3, 0.4) is 0 Å². The number of hydrogen-bond acceptors (Lipinski definition) is 3. The fraction of sp³-hybridized carbons (Fsp3) is 0.533. The van der Waals surface area contributed by atoms with E-state index in [1.54, 1.807) is 12.1 Å². The van der Waals surface area contributed by atoms with Gasteiger partial charge >= 0.3 is 0 Å². The Hall–Kier alpha value is -0.870. The van der Waals surface area contributed by atoms with Gasteiger partial charge in [-0.1, -0.05) is 37.3 Å². The van der Waals surface area contributed by atoms with E-state index < -0.39 is 0 Å². The van der Waals surface area contributed by atoms with Crippen LogP contribution in [0.5, 0.6) is 0 Å². The lowest BCUT2D eigenvalue weighted by molar-refractivity contribution is -0.119. The minimum Gasteiger partial charge on any atom is -0.398 e. The molecule has 1 saturated carbocycles. The summed E-state index contributed by atoms with van der Waals surface area (Å²) >= 11 is 7.32. The van der Waals surface area contributed by atoms with Crippen molar-refractivity contribution in [1.82, 2.24) is 5.32 Å². The van der Waals surface area contributed by atoms with Crippen LogP contribution in [-0.4, -0.2) is 17.7 Å². The average Bonchev–Trinajstić information content (AvgIpc) is 2.66. The number of hydrogen-bond donors (Lipinski definition) is 2. The zero-order valence-corrected chi connectivity index (χ0v) is 13.1. The summed E-state index contributed by atoms with van der Waals surface area (Å²) < 4.78 is 0. The van der Waals surface area contributed by atoms with Gasteiger partial charge in [0, 0.05) is 21.6 Å². The second-order valence-corrected chi connectivity index (χ2v) is 6.68. The Kier molecular flexibility index (Phi) is 6.05. The number of anilines is 1. The van der Waals surface area contributed by atoms with E-state index in [1.807, 2.05) is 6.07 Å². The number of carbonyl (C=O) groups excluding carboxylic acids is 1. The largest absolute Gasteiger partial charge is 0.398 e. The number of carbonyl (C=O) groups is 1. The van der Waals surface area contributed by atoms with Gasteiger partial charge in [-0.15, -0.1) is 11.8 Å². The number of halogens is 1. The second-order valence-electron chi connectivity index (χ2n) is 5.23. The molecule has 0 bridgehead atoms. The van der Waals surface area contributed by atoms with Crippen molar-refractivity contribution >= 4 is 35.0 Å². The molecule has 20 heavy (non-hydrogen) atoms. The summed E-state index contributed by atoms with van der Waals surface area (Å²) in [6.45, 7) is 0. The number of nitrogen functional groups attached to an aromatic ring is 1. The van der Waals surface area contributed by atoms with Crippen molar-refractivity contribution in [2.45, 2.75) is 49.5 Å². The van der Waals surface area contributed by atoms with Crippen LogP contribution in [0.1, 0.15) is 38.5 Å². The van der Waals surface area contributed by atoms with E-state index in [4.69, 9.17) is 17.3 Å². The Morgan fingerprint density at radius 3 is 2.65 bits per heavy atom. The highest BCUT2D eigenvalue weighted by Crippen LogP contribution is 2.27. The Bertz CT molecular complexity index is 459. The normalized spacial score (nSPS) is 16.6. The quantitative estimate of drug-likeness (QED) is 0.504. The Balaban J connectivity index is 1.79. The van der Waals surface area contributed by atoms with E-state index >= 15 is 0 Å². The third-order valence-corrected chi connectivity index (χ3v) is 4.88. The molecule has 0 spiro atoms. The first kappa shape index (κ1) is 15.5. The average molecular weight is 313 g/mol. The molecule has 0 unspecified atom stereocenters. The van der Waals surface area contributed by atoms with Gasteiger partial charge < -0.3 is 11.1 Å². The highest BCUT2D eigenvalue weighted by molar-refractivity contribution is 8.00. The van der Waals surface area contributed by atoms with E-state index in [0.29, 0.717) is 22.5 Å². The van der Waals surface area contributed by atoms with Gasteiger partial charge in [0.25, 0.3) is 0 Å². The van der Waals surface area contributed by atoms with Gasteiger partial charge in [-0.05, 0) is 31.0 Å². The van der Waals surface area contributed by atoms with Gasteiger partial charge in [0.1, 0.15) is 0 Å². The number of thioether (sulfide) groups is 1. The van der Waals surface area contributed by atoms with Crippen LogP contribution < -0.4 is 11.1 Å². The molecule has 0 saturated heterocycles. The first-order chi connectivity index (χ1) is 9.65. The molecular weight excluding hydrogens is 292 g/mol. The lowest BCUT2D eigenvalue weighted by Crippen LogP contribution is -2.35. The Labute approximate surface area is 129 Å². The first-order valence-corrected chi connectivity index (χ1v) is 8.48. The van der Waals surface area contributed by atoms with Gasteiger partial charge in [0.2, 0.25) is 5.91 Å². The molecule has 110 valence electrons. The molecule has 0 radical (unpaired) electrons. The van der Waals surface area contributed by atoms with Crippen LogP contribution in [0.15, 0.2) is 23.1 Å². The molecule has 0 aromatic heterocycles. The zero-order valence-electron chi connectivity index (χ0n) is 11.5. The number of nitrogens with two attached hydrogens (primary N) is 1. The van der Waals surface area contributed by atoms with Crippen LogP contribution >= 0.6 is 23.4 Å². The SMILES string of the molecule is Nc1cc(Cl)ccc1SCC(=O)NC1CCCCCC1. The fourth-order valence-electron chi connectivity index (χ4n) is 2.49. The van der Waals surface area contributed by atoms with E-state index in [0.717, 1.165) is 17.7 Å². The molecule has 1 aliphatic rings. The van der Waals surface area contributed by atoms with Crippen LogP contribution in [0.25, 0.3) is 0 Å². The highest BCUT2D eigenvalue weighted by Gasteiger charge is 2.15. The summed E-state index contributed by atoms with van der Waals surface area (Å²) in [6, 6.07) is 5.73. The molecule has 0 atom stereocenters. The lowest BCUT2D eigenvalue weighted by Gasteiger charge is -2.16. The van der Waals surface area contributed by atoms with Gasteiger partial charge in [-0.25, -0.2) is 0 Å². The smallest absolute Gasteiger partial charge is 0.230 e. The minimum absolute atomic E-state index is 0.0938. The first-order valence-electron chi connectivity index (χ1n) is 7.12. The number of benzene rings is 1. The monoisotopic (exact) mass is 312 g/mol. The van der Waals surface area contributed by atoms with E-state index in [1.165, 1.54) is 37.4 Å². The van der Waals surface area contributed by atoms with E-state index in [2.05, 4.69) is 5.32 Å².